The van der Waals surface area contributed by atoms with E-state index in [9.17, 15) is 35.9 Å². The second-order valence-electron chi connectivity index (χ2n) is 8.71. The lowest BCUT2D eigenvalue weighted by molar-refractivity contribution is -0.192. The molecule has 1 aliphatic rings. The lowest BCUT2D eigenvalue weighted by Crippen LogP contribution is -2.46. The van der Waals surface area contributed by atoms with Crippen LogP contribution >= 0.6 is 0 Å². The van der Waals surface area contributed by atoms with Gasteiger partial charge >= 0.3 is 18.1 Å². The van der Waals surface area contributed by atoms with Gasteiger partial charge in [-0.1, -0.05) is 17.7 Å². The molecular formula is C26H25F4N3O6S. The first kappa shape index (κ1) is 30.2. The van der Waals surface area contributed by atoms with E-state index in [1.54, 1.807) is 30.3 Å². The monoisotopic (exact) mass is 583 g/mol. The second kappa shape index (κ2) is 12.2. The molecule has 1 saturated heterocycles. The van der Waals surface area contributed by atoms with Gasteiger partial charge in [-0.3, -0.25) is 4.72 Å². The minimum absolute atomic E-state index is 0.00898. The molecule has 0 aromatic heterocycles. The number of carboxylic acids is 2. The Bertz CT molecular complexity index is 1460. The number of piperazine rings is 1. The van der Waals surface area contributed by atoms with Crippen molar-refractivity contribution in [2.45, 2.75) is 18.0 Å². The van der Waals surface area contributed by atoms with Crippen LogP contribution in [0.4, 0.5) is 34.6 Å². The van der Waals surface area contributed by atoms with Gasteiger partial charge in [0.15, 0.2) is 0 Å². The molecule has 40 heavy (non-hydrogen) atoms. The van der Waals surface area contributed by atoms with Gasteiger partial charge in [-0.15, -0.1) is 0 Å². The topological polar surface area (TPSA) is 127 Å². The average Bonchev–Trinajstić information content (AvgIpc) is 2.89. The normalized spacial score (nSPS) is 13.7. The highest BCUT2D eigenvalue weighted by Gasteiger charge is 2.38. The van der Waals surface area contributed by atoms with Crippen molar-refractivity contribution in [1.82, 2.24) is 0 Å². The van der Waals surface area contributed by atoms with Gasteiger partial charge in [-0.2, -0.15) is 13.2 Å². The van der Waals surface area contributed by atoms with Crippen molar-refractivity contribution < 1.29 is 45.8 Å². The van der Waals surface area contributed by atoms with Crippen LogP contribution in [0.3, 0.4) is 0 Å². The third-order valence-electron chi connectivity index (χ3n) is 5.87. The van der Waals surface area contributed by atoms with Crippen LogP contribution in [0.1, 0.15) is 15.9 Å². The van der Waals surface area contributed by atoms with Crippen molar-refractivity contribution >= 4 is 39.0 Å². The molecule has 14 heteroatoms. The number of carbonyl (C=O) groups is 2. The van der Waals surface area contributed by atoms with Crippen LogP contribution in [0.25, 0.3) is 0 Å². The van der Waals surface area contributed by atoms with Gasteiger partial charge in [0.2, 0.25) is 0 Å². The fourth-order valence-electron chi connectivity index (χ4n) is 3.81. The number of halogens is 4. The van der Waals surface area contributed by atoms with Crippen LogP contribution in [0, 0.1) is 12.7 Å². The van der Waals surface area contributed by atoms with Gasteiger partial charge in [0.25, 0.3) is 10.0 Å². The Hall–Kier alpha value is -4.33. The molecule has 3 aromatic rings. The molecule has 0 bridgehead atoms. The van der Waals surface area contributed by atoms with E-state index in [4.69, 9.17) is 9.90 Å². The number of hydrogen-bond acceptors (Lipinski definition) is 6. The first-order chi connectivity index (χ1) is 18.7. The summed E-state index contributed by atoms with van der Waals surface area (Å²) in [6, 6.07) is 17.2. The Morgan fingerprint density at radius 1 is 0.850 bits per heavy atom. The van der Waals surface area contributed by atoms with Gasteiger partial charge in [-0.05, 0) is 61.5 Å². The largest absolute Gasteiger partial charge is 0.490 e. The zero-order chi connectivity index (χ0) is 29.7. The van der Waals surface area contributed by atoms with Gasteiger partial charge < -0.3 is 20.0 Å². The minimum Gasteiger partial charge on any atom is -0.478 e. The highest BCUT2D eigenvalue weighted by atomic mass is 32.2. The Labute approximate surface area is 227 Å². The molecule has 3 aromatic carbocycles. The van der Waals surface area contributed by atoms with Crippen LogP contribution in [0.15, 0.2) is 71.6 Å². The molecule has 0 unspecified atom stereocenters. The Balaban J connectivity index is 0.000000559. The minimum atomic E-state index is -5.08. The number of aryl methyl sites for hydroxylation is 1. The molecule has 214 valence electrons. The predicted octanol–water partition coefficient (Wildman–Crippen LogP) is 4.59. The predicted molar refractivity (Wildman–Crippen MR) is 140 cm³/mol. The quantitative estimate of drug-likeness (QED) is 0.360. The van der Waals surface area contributed by atoms with E-state index in [2.05, 4.69) is 9.62 Å². The molecule has 0 amide bonds. The van der Waals surface area contributed by atoms with E-state index in [0.29, 0.717) is 31.9 Å². The highest BCUT2D eigenvalue weighted by molar-refractivity contribution is 7.92. The third-order valence-corrected chi connectivity index (χ3v) is 7.26. The number of nitrogens with one attached hydrogen (secondary N) is 1. The maximum Gasteiger partial charge on any atom is 0.490 e. The van der Waals surface area contributed by atoms with Gasteiger partial charge in [0.1, 0.15) is 5.82 Å². The molecule has 0 atom stereocenters. The van der Waals surface area contributed by atoms with Crippen LogP contribution < -0.4 is 14.5 Å². The Morgan fingerprint density at radius 2 is 1.38 bits per heavy atom. The highest BCUT2D eigenvalue weighted by Crippen LogP contribution is 2.31. The average molecular weight is 584 g/mol. The van der Waals surface area contributed by atoms with Crippen LogP contribution in [-0.4, -0.2) is 62.9 Å². The van der Waals surface area contributed by atoms with Crippen LogP contribution in [0.5, 0.6) is 0 Å². The number of hydrogen-bond donors (Lipinski definition) is 3. The first-order valence-corrected chi connectivity index (χ1v) is 13.2. The number of sulfonamides is 1. The Morgan fingerprint density at radius 3 is 1.88 bits per heavy atom. The number of alkyl halides is 3. The fourth-order valence-corrected chi connectivity index (χ4v) is 4.87. The maximum atomic E-state index is 13.2. The number of anilines is 3. The molecule has 0 spiro atoms. The SMILES string of the molecule is Cc1ccc(S(=O)(=O)Nc2cc(C(=O)O)ccc2N2CCN(c3ccc(F)cc3)CC2)cc1.O=C(O)C(F)(F)F. The summed E-state index contributed by atoms with van der Waals surface area (Å²) >= 11 is 0. The number of nitrogens with zero attached hydrogens (tertiary/aromatic N) is 2. The van der Waals surface area contributed by atoms with Gasteiger partial charge in [-0.25, -0.2) is 22.4 Å². The van der Waals surface area contributed by atoms with E-state index in [-0.39, 0.29) is 22.0 Å². The fraction of sp³-hybridized carbons (Fsp3) is 0.231. The maximum absolute atomic E-state index is 13.2. The van der Waals surface area contributed by atoms with Crippen molar-refractivity contribution in [2.75, 3.05) is 40.7 Å². The standard InChI is InChI=1S/C24H24FN3O4S.C2HF3O2/c1-17-2-9-21(10-3-17)33(31,32)26-22-16-18(24(29)30)4-11-23(22)28-14-12-27(13-15-28)20-7-5-19(25)6-8-20;3-2(4,5)1(6)7/h2-11,16,26H,12-15H2,1H3,(H,29,30);(H,6,7). The molecule has 0 aliphatic carbocycles. The van der Waals surface area contributed by atoms with Crippen molar-refractivity contribution in [3.8, 4) is 0 Å². The summed E-state index contributed by atoms with van der Waals surface area (Å²) in [6.45, 7) is 4.34. The van der Waals surface area contributed by atoms with Crippen molar-refractivity contribution in [1.29, 1.82) is 0 Å². The summed E-state index contributed by atoms with van der Waals surface area (Å²) in [5.41, 5.74) is 2.66. The van der Waals surface area contributed by atoms with E-state index >= 15 is 0 Å². The smallest absolute Gasteiger partial charge is 0.478 e. The zero-order valence-corrected chi connectivity index (χ0v) is 21.8. The summed E-state index contributed by atoms with van der Waals surface area (Å²) in [4.78, 5) is 24.6. The molecule has 0 radical (unpaired) electrons. The lowest BCUT2D eigenvalue weighted by atomic mass is 10.1. The summed E-state index contributed by atoms with van der Waals surface area (Å²) in [7, 11) is -3.91. The van der Waals surface area contributed by atoms with Crippen molar-refractivity contribution in [3.05, 3.63) is 83.7 Å². The molecule has 1 aliphatic heterocycles. The number of aliphatic carboxylic acids is 1. The molecule has 3 N–H and O–H groups in total. The van der Waals surface area contributed by atoms with Gasteiger partial charge in [0, 0.05) is 31.9 Å². The van der Waals surface area contributed by atoms with Crippen LogP contribution in [0.2, 0.25) is 0 Å². The summed E-state index contributed by atoms with van der Waals surface area (Å²) in [5.74, 6) is -4.19. The van der Waals surface area contributed by atoms with Gasteiger partial charge in [0.05, 0.1) is 21.8 Å². The molecule has 1 heterocycles. The lowest BCUT2D eigenvalue weighted by Gasteiger charge is -2.38. The number of carboxylic acid groups (broad SMARTS) is 2. The number of rotatable bonds is 6. The third kappa shape index (κ3) is 7.85. The van der Waals surface area contributed by atoms with E-state index in [0.717, 1.165) is 11.3 Å². The molecule has 9 nitrogen and oxygen atoms in total. The number of benzene rings is 3. The molecular weight excluding hydrogens is 558 g/mol. The summed E-state index contributed by atoms with van der Waals surface area (Å²) in [6.07, 6.45) is -5.08. The zero-order valence-electron chi connectivity index (χ0n) is 21.0. The first-order valence-electron chi connectivity index (χ1n) is 11.7. The number of aromatic carboxylic acids is 1. The summed E-state index contributed by atoms with van der Waals surface area (Å²) < 4.78 is 73.5. The van der Waals surface area contributed by atoms with Crippen LogP contribution in [-0.2, 0) is 14.8 Å². The molecule has 1 fully saturated rings. The van der Waals surface area contributed by atoms with Crippen molar-refractivity contribution in [2.24, 2.45) is 0 Å². The van der Waals surface area contributed by atoms with E-state index in [1.807, 2.05) is 11.8 Å². The summed E-state index contributed by atoms with van der Waals surface area (Å²) in [5, 5.41) is 16.5. The molecule has 0 saturated carbocycles. The second-order valence-corrected chi connectivity index (χ2v) is 10.4. The van der Waals surface area contributed by atoms with E-state index < -0.39 is 28.1 Å². The van der Waals surface area contributed by atoms with Crippen molar-refractivity contribution in [3.63, 3.8) is 0 Å². The Kier molecular flexibility index (Phi) is 9.24. The van der Waals surface area contributed by atoms with E-state index in [1.165, 1.54) is 36.4 Å². The molecule has 4 rings (SSSR count).